The van der Waals surface area contributed by atoms with Crippen molar-refractivity contribution >= 4 is 0 Å². The SMILES string of the molecule is CN(C)CCN(C)/C=C\N=N. The molecular weight excluding hydrogens is 140 g/mol. The van der Waals surface area contributed by atoms with Crippen molar-refractivity contribution in [2.24, 2.45) is 5.11 Å². The first-order valence-electron chi connectivity index (χ1n) is 3.55. The predicted molar refractivity (Wildman–Crippen MR) is 45.5 cm³/mol. The van der Waals surface area contributed by atoms with Gasteiger partial charge in [-0.05, 0) is 14.1 Å². The summed E-state index contributed by atoms with van der Waals surface area (Å²) in [6.45, 7) is 1.97. The summed E-state index contributed by atoms with van der Waals surface area (Å²) in [5.41, 5.74) is 6.51. The van der Waals surface area contributed by atoms with Crippen LogP contribution in [0.1, 0.15) is 0 Å². The van der Waals surface area contributed by atoms with Gasteiger partial charge in [0, 0.05) is 26.3 Å². The van der Waals surface area contributed by atoms with Crippen LogP contribution in [0.25, 0.3) is 0 Å². The normalized spacial score (nSPS) is 10.9. The average Bonchev–Trinajstić information content (AvgIpc) is 1.97. The van der Waals surface area contributed by atoms with E-state index in [2.05, 4.69) is 10.0 Å². The van der Waals surface area contributed by atoms with Gasteiger partial charge in [-0.2, -0.15) is 5.11 Å². The van der Waals surface area contributed by atoms with Crippen molar-refractivity contribution in [3.63, 3.8) is 0 Å². The molecule has 0 aliphatic heterocycles. The highest BCUT2D eigenvalue weighted by atomic mass is 15.1. The second-order valence-corrected chi connectivity index (χ2v) is 2.71. The Morgan fingerprint density at radius 3 is 2.36 bits per heavy atom. The van der Waals surface area contributed by atoms with E-state index in [9.17, 15) is 0 Å². The maximum atomic E-state index is 6.51. The van der Waals surface area contributed by atoms with Gasteiger partial charge in [0.1, 0.15) is 0 Å². The number of likely N-dealkylation sites (N-methyl/N-ethyl adjacent to an activating group) is 2. The van der Waals surface area contributed by atoms with Crippen LogP contribution in [0.2, 0.25) is 0 Å². The Morgan fingerprint density at radius 2 is 1.91 bits per heavy atom. The Morgan fingerprint density at radius 1 is 1.27 bits per heavy atom. The fourth-order valence-corrected chi connectivity index (χ4v) is 0.579. The number of nitrogens with zero attached hydrogens (tertiary/aromatic N) is 3. The van der Waals surface area contributed by atoms with Crippen molar-refractivity contribution in [2.45, 2.75) is 0 Å². The molecule has 0 saturated carbocycles. The van der Waals surface area contributed by atoms with E-state index in [-0.39, 0.29) is 0 Å². The Kier molecular flexibility index (Phi) is 5.37. The van der Waals surface area contributed by atoms with E-state index < -0.39 is 0 Å². The zero-order valence-corrected chi connectivity index (χ0v) is 7.41. The van der Waals surface area contributed by atoms with Gasteiger partial charge in [-0.15, -0.1) is 0 Å². The molecule has 0 fully saturated rings. The van der Waals surface area contributed by atoms with Crippen LogP contribution in [0.4, 0.5) is 0 Å². The summed E-state index contributed by atoms with van der Waals surface area (Å²) in [7, 11) is 6.03. The van der Waals surface area contributed by atoms with Crippen LogP contribution in [0.5, 0.6) is 0 Å². The Bertz CT molecular complexity index is 130. The molecule has 0 atom stereocenters. The van der Waals surface area contributed by atoms with Crippen molar-refractivity contribution in [1.82, 2.24) is 9.80 Å². The smallest absolute Gasteiger partial charge is 0.0647 e. The van der Waals surface area contributed by atoms with E-state index in [0.29, 0.717) is 0 Å². The highest BCUT2D eigenvalue weighted by molar-refractivity contribution is 4.76. The van der Waals surface area contributed by atoms with E-state index in [0.717, 1.165) is 13.1 Å². The lowest BCUT2D eigenvalue weighted by atomic mass is 10.5. The molecule has 0 bridgehead atoms. The highest BCUT2D eigenvalue weighted by Crippen LogP contribution is 1.85. The molecule has 64 valence electrons. The van der Waals surface area contributed by atoms with Crippen LogP contribution < -0.4 is 0 Å². The minimum atomic E-state index is 0.957. The molecular formula is C7H16N4. The minimum Gasteiger partial charge on any atom is -0.378 e. The molecule has 1 N–H and O–H groups in total. The molecule has 0 saturated heterocycles. The summed E-state index contributed by atoms with van der Waals surface area (Å²) in [5.74, 6) is 0. The van der Waals surface area contributed by atoms with Gasteiger partial charge in [-0.25, -0.2) is 5.53 Å². The predicted octanol–water partition coefficient (Wildman–Crippen LogP) is 0.982. The first-order valence-corrected chi connectivity index (χ1v) is 3.55. The quantitative estimate of drug-likeness (QED) is 0.603. The fraction of sp³-hybridized carbons (Fsp3) is 0.714. The van der Waals surface area contributed by atoms with E-state index >= 15 is 0 Å². The monoisotopic (exact) mass is 156 g/mol. The molecule has 0 amide bonds. The zero-order chi connectivity index (χ0) is 8.69. The first kappa shape index (κ1) is 10.1. The van der Waals surface area contributed by atoms with Crippen LogP contribution in [0, 0.1) is 5.53 Å². The van der Waals surface area contributed by atoms with Gasteiger partial charge in [0.25, 0.3) is 0 Å². The summed E-state index contributed by atoms with van der Waals surface area (Å²) < 4.78 is 0. The third-order valence-electron chi connectivity index (χ3n) is 1.30. The van der Waals surface area contributed by atoms with E-state index in [1.807, 2.05) is 26.0 Å². The number of nitrogens with one attached hydrogen (secondary N) is 1. The van der Waals surface area contributed by atoms with E-state index in [1.165, 1.54) is 6.20 Å². The highest BCUT2D eigenvalue weighted by Gasteiger charge is 1.91. The standard InChI is InChI=1S/C7H16N4/c1-10(2)6-7-11(3)5-4-9-8/h4-5,8H,6-7H2,1-3H3/b5-4-,9-8?. The maximum absolute atomic E-state index is 6.51. The third kappa shape index (κ3) is 6.99. The van der Waals surface area contributed by atoms with Gasteiger partial charge in [0.15, 0.2) is 0 Å². The van der Waals surface area contributed by atoms with Crippen molar-refractivity contribution in [3.8, 4) is 0 Å². The molecule has 0 radical (unpaired) electrons. The summed E-state index contributed by atoms with van der Waals surface area (Å²) in [5, 5.41) is 3.12. The molecule has 0 unspecified atom stereocenters. The van der Waals surface area contributed by atoms with Crippen molar-refractivity contribution < 1.29 is 0 Å². The molecule has 0 aromatic heterocycles. The first-order chi connectivity index (χ1) is 5.16. The van der Waals surface area contributed by atoms with Crippen LogP contribution in [0.15, 0.2) is 17.5 Å². The third-order valence-corrected chi connectivity index (χ3v) is 1.30. The molecule has 0 spiro atoms. The molecule has 0 aliphatic rings. The summed E-state index contributed by atoms with van der Waals surface area (Å²) in [6, 6.07) is 0. The Hall–Kier alpha value is -0.900. The molecule has 0 heterocycles. The van der Waals surface area contributed by atoms with Gasteiger partial charge in [-0.1, -0.05) is 0 Å². The van der Waals surface area contributed by atoms with Gasteiger partial charge >= 0.3 is 0 Å². The maximum Gasteiger partial charge on any atom is 0.0647 e. The number of rotatable bonds is 5. The Labute approximate surface area is 68.0 Å². The van der Waals surface area contributed by atoms with Crippen LogP contribution >= 0.6 is 0 Å². The number of hydrogen-bond acceptors (Lipinski definition) is 4. The van der Waals surface area contributed by atoms with Gasteiger partial charge < -0.3 is 9.80 Å². The zero-order valence-electron chi connectivity index (χ0n) is 7.41. The second-order valence-electron chi connectivity index (χ2n) is 2.71. The van der Waals surface area contributed by atoms with Crippen molar-refractivity contribution in [2.75, 3.05) is 34.2 Å². The van der Waals surface area contributed by atoms with Gasteiger partial charge in [-0.3, -0.25) is 0 Å². The molecule has 11 heavy (non-hydrogen) atoms. The lowest BCUT2D eigenvalue weighted by Gasteiger charge is -2.16. The molecule has 0 aliphatic carbocycles. The summed E-state index contributed by atoms with van der Waals surface area (Å²) in [4.78, 5) is 4.11. The van der Waals surface area contributed by atoms with Crippen molar-refractivity contribution in [1.29, 1.82) is 5.53 Å². The molecule has 4 nitrogen and oxygen atoms in total. The summed E-state index contributed by atoms with van der Waals surface area (Å²) in [6.07, 6.45) is 3.26. The number of hydrogen-bond donors (Lipinski definition) is 1. The van der Waals surface area contributed by atoms with Crippen LogP contribution in [0.3, 0.4) is 0 Å². The lowest BCUT2D eigenvalue weighted by molar-refractivity contribution is 0.340. The van der Waals surface area contributed by atoms with E-state index in [4.69, 9.17) is 5.53 Å². The van der Waals surface area contributed by atoms with E-state index in [1.54, 1.807) is 6.20 Å². The lowest BCUT2D eigenvalue weighted by Crippen LogP contribution is -2.24. The van der Waals surface area contributed by atoms with Crippen LogP contribution in [-0.4, -0.2) is 44.0 Å². The molecule has 4 heteroatoms. The summed E-state index contributed by atoms with van der Waals surface area (Å²) >= 11 is 0. The van der Waals surface area contributed by atoms with Gasteiger partial charge in [0.05, 0.1) is 6.20 Å². The fourth-order valence-electron chi connectivity index (χ4n) is 0.579. The Balaban J connectivity index is 3.44. The van der Waals surface area contributed by atoms with Crippen molar-refractivity contribution in [3.05, 3.63) is 12.4 Å². The second kappa shape index (κ2) is 5.85. The van der Waals surface area contributed by atoms with Crippen LogP contribution in [-0.2, 0) is 0 Å². The molecule has 0 aromatic rings. The largest absolute Gasteiger partial charge is 0.378 e. The minimum absolute atomic E-state index is 0.957. The molecule has 0 aromatic carbocycles. The van der Waals surface area contributed by atoms with Gasteiger partial charge in [0.2, 0.25) is 0 Å². The topological polar surface area (TPSA) is 42.7 Å². The molecule has 0 rings (SSSR count). The average molecular weight is 156 g/mol.